The number of hydrogen-bond donors (Lipinski definition) is 1. The lowest BCUT2D eigenvalue weighted by atomic mass is 10.3. The smallest absolute Gasteiger partial charge is 0.321 e. The minimum absolute atomic E-state index is 0.513. The number of rotatable bonds is 6. The summed E-state index contributed by atoms with van der Waals surface area (Å²) in [4.78, 5) is 5.55. The number of ether oxygens (including phenoxy) is 1. The Morgan fingerprint density at radius 1 is 1.56 bits per heavy atom. The summed E-state index contributed by atoms with van der Waals surface area (Å²) in [5, 5.41) is 9.21. The number of anilines is 1. The van der Waals surface area contributed by atoms with Crippen LogP contribution in [0.3, 0.4) is 0 Å². The summed E-state index contributed by atoms with van der Waals surface area (Å²) < 4.78 is 10.2. The van der Waals surface area contributed by atoms with E-state index in [1.165, 1.54) is 23.3 Å². The molecule has 3 rings (SSSR count). The Bertz CT molecular complexity index is 519. The number of thiophene rings is 1. The summed E-state index contributed by atoms with van der Waals surface area (Å²) in [5.74, 6) is 1.36. The van der Waals surface area contributed by atoms with E-state index in [0.29, 0.717) is 25.1 Å². The second-order valence-electron chi connectivity index (χ2n) is 4.44. The molecular formula is C12H15N3O2S. The van der Waals surface area contributed by atoms with Crippen LogP contribution in [0.5, 0.6) is 0 Å². The van der Waals surface area contributed by atoms with Gasteiger partial charge in [-0.15, -0.1) is 11.3 Å². The van der Waals surface area contributed by atoms with Crippen molar-refractivity contribution in [2.45, 2.75) is 31.9 Å². The normalized spacial score (nSPS) is 14.9. The Labute approximate surface area is 109 Å². The fourth-order valence-corrected chi connectivity index (χ4v) is 2.55. The summed E-state index contributed by atoms with van der Waals surface area (Å²) in [5.41, 5.74) is 1.20. The van der Waals surface area contributed by atoms with Crippen molar-refractivity contribution >= 4 is 17.4 Å². The van der Waals surface area contributed by atoms with Crippen LogP contribution in [0.25, 0.3) is 0 Å². The highest BCUT2D eigenvalue weighted by Gasteiger charge is 2.28. The van der Waals surface area contributed by atoms with E-state index in [1.54, 1.807) is 18.4 Å². The van der Waals surface area contributed by atoms with Crippen LogP contribution in [0, 0.1) is 0 Å². The lowest BCUT2D eigenvalue weighted by Crippen LogP contribution is -1.97. The Kier molecular flexibility index (Phi) is 3.29. The van der Waals surface area contributed by atoms with Crippen molar-refractivity contribution < 1.29 is 9.26 Å². The maximum absolute atomic E-state index is 5.15. The maximum atomic E-state index is 5.15. The first-order chi connectivity index (χ1) is 8.85. The standard InChI is InChI=1S/C12H15N3O2S/c1-16-6-8-4-10(18-7-8)5-13-12-14-11(15-17-12)9-2-3-9/h4,7,9H,2-3,5-6H2,1H3,(H,13,14,15). The average molecular weight is 265 g/mol. The van der Waals surface area contributed by atoms with Crippen molar-refractivity contribution in [2.24, 2.45) is 0 Å². The Morgan fingerprint density at radius 2 is 2.44 bits per heavy atom. The first kappa shape index (κ1) is 11.7. The predicted octanol–water partition coefficient (Wildman–Crippen LogP) is 2.77. The highest BCUT2D eigenvalue weighted by molar-refractivity contribution is 7.10. The fourth-order valence-electron chi connectivity index (χ4n) is 1.74. The Morgan fingerprint density at radius 3 is 3.22 bits per heavy atom. The van der Waals surface area contributed by atoms with E-state index in [4.69, 9.17) is 9.26 Å². The molecule has 2 heterocycles. The predicted molar refractivity (Wildman–Crippen MR) is 68.6 cm³/mol. The number of nitrogens with zero attached hydrogens (tertiary/aromatic N) is 2. The molecule has 6 heteroatoms. The van der Waals surface area contributed by atoms with Gasteiger partial charge in [0.15, 0.2) is 5.82 Å². The molecule has 18 heavy (non-hydrogen) atoms. The molecule has 0 radical (unpaired) electrons. The molecule has 0 spiro atoms. The lowest BCUT2D eigenvalue weighted by Gasteiger charge is -1.96. The van der Waals surface area contributed by atoms with Crippen LogP contribution in [0.4, 0.5) is 6.01 Å². The molecule has 0 bridgehead atoms. The van der Waals surface area contributed by atoms with Gasteiger partial charge in [-0.25, -0.2) is 0 Å². The topological polar surface area (TPSA) is 60.2 Å². The average Bonchev–Trinajstić information content (AvgIpc) is 2.95. The number of aromatic nitrogens is 2. The minimum atomic E-state index is 0.513. The van der Waals surface area contributed by atoms with E-state index < -0.39 is 0 Å². The van der Waals surface area contributed by atoms with Crippen molar-refractivity contribution in [2.75, 3.05) is 12.4 Å². The molecule has 2 aromatic heterocycles. The number of methoxy groups -OCH3 is 1. The van der Waals surface area contributed by atoms with Crippen LogP contribution in [-0.2, 0) is 17.9 Å². The molecule has 0 aromatic carbocycles. The first-order valence-corrected chi connectivity index (χ1v) is 6.86. The monoisotopic (exact) mass is 265 g/mol. The van der Waals surface area contributed by atoms with Crippen LogP contribution >= 0.6 is 11.3 Å². The van der Waals surface area contributed by atoms with E-state index in [-0.39, 0.29) is 0 Å². The zero-order chi connectivity index (χ0) is 12.4. The van der Waals surface area contributed by atoms with Crippen LogP contribution in [-0.4, -0.2) is 17.3 Å². The van der Waals surface area contributed by atoms with Crippen LogP contribution < -0.4 is 5.32 Å². The third kappa shape index (κ3) is 2.70. The number of hydrogen-bond acceptors (Lipinski definition) is 6. The third-order valence-corrected chi connectivity index (χ3v) is 3.80. The summed E-state index contributed by atoms with van der Waals surface area (Å²) in [6, 6.07) is 2.64. The van der Waals surface area contributed by atoms with Crippen molar-refractivity contribution in [3.05, 3.63) is 27.7 Å². The molecular weight excluding hydrogens is 250 g/mol. The van der Waals surface area contributed by atoms with E-state index in [9.17, 15) is 0 Å². The van der Waals surface area contributed by atoms with E-state index >= 15 is 0 Å². The molecule has 1 saturated carbocycles. The SMILES string of the molecule is COCc1csc(CNc2nc(C3CC3)no2)c1. The van der Waals surface area contributed by atoms with E-state index in [0.717, 1.165) is 5.82 Å². The molecule has 96 valence electrons. The Hall–Kier alpha value is -1.40. The van der Waals surface area contributed by atoms with Gasteiger partial charge >= 0.3 is 6.01 Å². The molecule has 0 atom stereocenters. The summed E-state index contributed by atoms with van der Waals surface area (Å²) in [6.45, 7) is 1.36. The molecule has 1 N–H and O–H groups in total. The second-order valence-corrected chi connectivity index (χ2v) is 5.44. The van der Waals surface area contributed by atoms with Gasteiger partial charge in [-0.2, -0.15) is 4.98 Å². The molecule has 1 aliphatic rings. The van der Waals surface area contributed by atoms with Gasteiger partial charge in [0.2, 0.25) is 0 Å². The molecule has 5 nitrogen and oxygen atoms in total. The minimum Gasteiger partial charge on any atom is -0.380 e. The molecule has 0 saturated heterocycles. The lowest BCUT2D eigenvalue weighted by molar-refractivity contribution is 0.185. The molecule has 1 fully saturated rings. The van der Waals surface area contributed by atoms with Gasteiger partial charge < -0.3 is 14.6 Å². The molecule has 0 aliphatic heterocycles. The summed E-state index contributed by atoms with van der Waals surface area (Å²) in [7, 11) is 1.70. The van der Waals surface area contributed by atoms with Crippen molar-refractivity contribution in [1.29, 1.82) is 0 Å². The molecule has 0 amide bonds. The van der Waals surface area contributed by atoms with Crippen LogP contribution in [0.1, 0.15) is 35.0 Å². The van der Waals surface area contributed by atoms with Gasteiger partial charge in [0.25, 0.3) is 0 Å². The van der Waals surface area contributed by atoms with E-state index in [1.807, 2.05) is 0 Å². The van der Waals surface area contributed by atoms with Gasteiger partial charge in [-0.3, -0.25) is 0 Å². The highest BCUT2D eigenvalue weighted by Crippen LogP contribution is 2.38. The van der Waals surface area contributed by atoms with Crippen LogP contribution in [0.2, 0.25) is 0 Å². The molecule has 2 aromatic rings. The second kappa shape index (κ2) is 5.07. The summed E-state index contributed by atoms with van der Waals surface area (Å²) in [6.07, 6.45) is 2.37. The Balaban J connectivity index is 1.55. The highest BCUT2D eigenvalue weighted by atomic mass is 32.1. The molecule has 1 aliphatic carbocycles. The third-order valence-electron chi connectivity index (χ3n) is 2.82. The molecule has 0 unspecified atom stereocenters. The first-order valence-electron chi connectivity index (χ1n) is 5.98. The van der Waals surface area contributed by atoms with Gasteiger partial charge in [0, 0.05) is 17.9 Å². The van der Waals surface area contributed by atoms with Crippen molar-refractivity contribution in [3.8, 4) is 0 Å². The zero-order valence-electron chi connectivity index (χ0n) is 10.2. The van der Waals surface area contributed by atoms with Gasteiger partial charge in [0.05, 0.1) is 13.2 Å². The van der Waals surface area contributed by atoms with E-state index in [2.05, 4.69) is 26.9 Å². The quantitative estimate of drug-likeness (QED) is 0.870. The van der Waals surface area contributed by atoms with Crippen LogP contribution in [0.15, 0.2) is 16.0 Å². The summed E-state index contributed by atoms with van der Waals surface area (Å²) >= 11 is 1.70. The van der Waals surface area contributed by atoms with Crippen molar-refractivity contribution in [3.63, 3.8) is 0 Å². The van der Waals surface area contributed by atoms with Crippen molar-refractivity contribution in [1.82, 2.24) is 10.1 Å². The fraction of sp³-hybridized carbons (Fsp3) is 0.500. The number of nitrogens with one attached hydrogen (secondary N) is 1. The van der Waals surface area contributed by atoms with Gasteiger partial charge in [0.1, 0.15) is 0 Å². The maximum Gasteiger partial charge on any atom is 0.321 e. The van der Waals surface area contributed by atoms with Gasteiger partial charge in [-0.05, 0) is 29.9 Å². The van der Waals surface area contributed by atoms with Gasteiger partial charge in [-0.1, -0.05) is 5.16 Å². The zero-order valence-corrected chi connectivity index (χ0v) is 11.0. The largest absolute Gasteiger partial charge is 0.380 e.